The summed E-state index contributed by atoms with van der Waals surface area (Å²) in [4.78, 5) is 9.15. The van der Waals surface area contributed by atoms with Crippen LogP contribution in [0.4, 0.5) is 10.8 Å². The van der Waals surface area contributed by atoms with Gasteiger partial charge in [0.15, 0.2) is 5.13 Å². The predicted molar refractivity (Wildman–Crippen MR) is 87.1 cm³/mol. The third kappa shape index (κ3) is 3.86. The molecule has 6 heteroatoms. The number of hydrogen-bond donors (Lipinski definition) is 1. The Morgan fingerprint density at radius 2 is 1.90 bits per heavy atom. The summed E-state index contributed by atoms with van der Waals surface area (Å²) in [5.74, 6) is 0.880. The highest BCUT2D eigenvalue weighted by atomic mass is 32.1. The fraction of sp³-hybridized carbons (Fsp3) is 0.400. The standard InChI is InChI=1S/C15H20N4OS/c16-13-1-3-14(4-2-13)20-11-10-18-6-8-19(9-7-18)15-17-5-12-21-15/h1-5,12H,6-11,16H2. The van der Waals surface area contributed by atoms with E-state index in [4.69, 9.17) is 10.5 Å². The minimum absolute atomic E-state index is 0.709. The van der Waals surface area contributed by atoms with Gasteiger partial charge in [0, 0.05) is 50.0 Å². The van der Waals surface area contributed by atoms with E-state index < -0.39 is 0 Å². The fourth-order valence-corrected chi connectivity index (χ4v) is 3.09. The maximum absolute atomic E-state index is 5.74. The second-order valence-corrected chi connectivity index (χ2v) is 5.93. The molecule has 2 aromatic rings. The minimum atomic E-state index is 0.709. The van der Waals surface area contributed by atoms with Crippen LogP contribution >= 0.6 is 11.3 Å². The van der Waals surface area contributed by atoms with Gasteiger partial charge in [-0.05, 0) is 24.3 Å². The van der Waals surface area contributed by atoms with Gasteiger partial charge in [-0.2, -0.15) is 0 Å². The second kappa shape index (κ2) is 6.78. The van der Waals surface area contributed by atoms with Crippen molar-refractivity contribution in [3.8, 4) is 5.75 Å². The van der Waals surface area contributed by atoms with Crippen LogP contribution in [0.2, 0.25) is 0 Å². The van der Waals surface area contributed by atoms with Crippen LogP contribution in [-0.2, 0) is 0 Å². The first-order valence-electron chi connectivity index (χ1n) is 7.16. The van der Waals surface area contributed by atoms with Gasteiger partial charge in [-0.3, -0.25) is 4.90 Å². The molecule has 0 radical (unpaired) electrons. The number of thiazole rings is 1. The molecule has 0 atom stereocenters. The van der Waals surface area contributed by atoms with Crippen molar-refractivity contribution in [3.05, 3.63) is 35.8 Å². The van der Waals surface area contributed by atoms with Gasteiger partial charge < -0.3 is 15.4 Å². The Labute approximate surface area is 129 Å². The lowest BCUT2D eigenvalue weighted by Crippen LogP contribution is -2.47. The Hall–Kier alpha value is -1.79. The van der Waals surface area contributed by atoms with Crippen LogP contribution in [0.15, 0.2) is 35.8 Å². The zero-order valence-corrected chi connectivity index (χ0v) is 12.8. The van der Waals surface area contributed by atoms with E-state index in [9.17, 15) is 0 Å². The predicted octanol–water partition coefficient (Wildman–Crippen LogP) is 1.93. The first-order chi connectivity index (χ1) is 10.3. The zero-order valence-electron chi connectivity index (χ0n) is 11.9. The fourth-order valence-electron chi connectivity index (χ4n) is 2.39. The van der Waals surface area contributed by atoms with E-state index in [0.29, 0.717) is 6.61 Å². The summed E-state index contributed by atoms with van der Waals surface area (Å²) in [6, 6.07) is 7.55. The van der Waals surface area contributed by atoms with Crippen molar-refractivity contribution in [2.75, 3.05) is 50.0 Å². The molecule has 1 fully saturated rings. The van der Waals surface area contributed by atoms with Gasteiger partial charge >= 0.3 is 0 Å². The molecule has 2 N–H and O–H groups in total. The molecule has 5 nitrogen and oxygen atoms in total. The van der Waals surface area contributed by atoms with Crippen LogP contribution in [0.3, 0.4) is 0 Å². The summed E-state index contributed by atoms with van der Waals surface area (Å²) >= 11 is 1.71. The van der Waals surface area contributed by atoms with Crippen molar-refractivity contribution in [1.82, 2.24) is 9.88 Å². The lowest BCUT2D eigenvalue weighted by atomic mass is 10.3. The van der Waals surface area contributed by atoms with Gasteiger partial charge in [0.2, 0.25) is 0 Å². The summed E-state index contributed by atoms with van der Waals surface area (Å²) in [5, 5.41) is 3.16. The normalized spacial score (nSPS) is 16.1. The average Bonchev–Trinajstić information content (AvgIpc) is 3.04. The molecule has 1 aliphatic heterocycles. The largest absolute Gasteiger partial charge is 0.492 e. The van der Waals surface area contributed by atoms with Crippen LogP contribution in [0.25, 0.3) is 0 Å². The van der Waals surface area contributed by atoms with Gasteiger partial charge in [-0.25, -0.2) is 4.98 Å². The highest BCUT2D eigenvalue weighted by Crippen LogP contribution is 2.19. The van der Waals surface area contributed by atoms with Crippen molar-refractivity contribution in [1.29, 1.82) is 0 Å². The third-order valence-electron chi connectivity index (χ3n) is 3.62. The number of benzene rings is 1. The lowest BCUT2D eigenvalue weighted by molar-refractivity contribution is 0.200. The van der Waals surface area contributed by atoms with E-state index in [1.807, 2.05) is 35.8 Å². The van der Waals surface area contributed by atoms with E-state index in [-0.39, 0.29) is 0 Å². The van der Waals surface area contributed by atoms with Crippen molar-refractivity contribution >= 4 is 22.2 Å². The van der Waals surface area contributed by atoms with Gasteiger partial charge in [0.25, 0.3) is 0 Å². The summed E-state index contributed by atoms with van der Waals surface area (Å²) < 4.78 is 5.74. The topological polar surface area (TPSA) is 54.6 Å². The van der Waals surface area contributed by atoms with Crippen molar-refractivity contribution in [2.24, 2.45) is 0 Å². The lowest BCUT2D eigenvalue weighted by Gasteiger charge is -2.34. The van der Waals surface area contributed by atoms with Crippen LogP contribution in [0, 0.1) is 0 Å². The zero-order chi connectivity index (χ0) is 14.5. The number of piperazine rings is 1. The molecule has 0 saturated carbocycles. The molecule has 0 unspecified atom stereocenters. The first-order valence-corrected chi connectivity index (χ1v) is 8.04. The average molecular weight is 304 g/mol. The van der Waals surface area contributed by atoms with Crippen LogP contribution in [0.1, 0.15) is 0 Å². The Morgan fingerprint density at radius 1 is 1.14 bits per heavy atom. The molecular weight excluding hydrogens is 284 g/mol. The molecule has 0 bridgehead atoms. The molecule has 0 aliphatic carbocycles. The number of rotatable bonds is 5. The Morgan fingerprint density at radius 3 is 2.57 bits per heavy atom. The van der Waals surface area contributed by atoms with E-state index in [1.165, 1.54) is 0 Å². The highest BCUT2D eigenvalue weighted by Gasteiger charge is 2.18. The SMILES string of the molecule is Nc1ccc(OCCN2CCN(c3nccs3)CC2)cc1. The van der Waals surface area contributed by atoms with Crippen molar-refractivity contribution in [2.45, 2.75) is 0 Å². The van der Waals surface area contributed by atoms with Gasteiger partial charge in [-0.15, -0.1) is 11.3 Å². The monoisotopic (exact) mass is 304 g/mol. The molecule has 2 heterocycles. The van der Waals surface area contributed by atoms with Crippen molar-refractivity contribution < 1.29 is 4.74 Å². The van der Waals surface area contributed by atoms with Gasteiger partial charge in [0.1, 0.15) is 12.4 Å². The summed E-state index contributed by atoms with van der Waals surface area (Å²) in [5.41, 5.74) is 6.42. The van der Waals surface area contributed by atoms with Crippen LogP contribution < -0.4 is 15.4 Å². The number of hydrogen-bond acceptors (Lipinski definition) is 6. The minimum Gasteiger partial charge on any atom is -0.492 e. The number of nitrogen functional groups attached to an aromatic ring is 1. The number of ether oxygens (including phenoxy) is 1. The summed E-state index contributed by atoms with van der Waals surface area (Å²) in [6.45, 7) is 5.86. The smallest absolute Gasteiger partial charge is 0.185 e. The summed E-state index contributed by atoms with van der Waals surface area (Å²) in [6.07, 6.45) is 1.87. The summed E-state index contributed by atoms with van der Waals surface area (Å²) in [7, 11) is 0. The van der Waals surface area contributed by atoms with Gasteiger partial charge in [-0.1, -0.05) is 0 Å². The molecule has 0 amide bonds. The van der Waals surface area contributed by atoms with E-state index >= 15 is 0 Å². The van der Waals surface area contributed by atoms with Gasteiger partial charge in [0.05, 0.1) is 0 Å². The van der Waals surface area contributed by atoms with Crippen LogP contribution in [0.5, 0.6) is 5.75 Å². The quantitative estimate of drug-likeness (QED) is 0.855. The molecule has 1 aromatic carbocycles. The first kappa shape index (κ1) is 14.2. The van der Waals surface area contributed by atoms with Crippen LogP contribution in [-0.4, -0.2) is 49.2 Å². The van der Waals surface area contributed by atoms with E-state index in [0.717, 1.165) is 49.3 Å². The number of aromatic nitrogens is 1. The maximum atomic E-state index is 5.74. The number of nitrogens with two attached hydrogens (primary N) is 1. The maximum Gasteiger partial charge on any atom is 0.185 e. The van der Waals surface area contributed by atoms with E-state index in [2.05, 4.69) is 14.8 Å². The Balaban J connectivity index is 1.38. The molecule has 112 valence electrons. The Kier molecular flexibility index (Phi) is 4.57. The number of nitrogens with zero attached hydrogens (tertiary/aromatic N) is 3. The Bertz CT molecular complexity index is 535. The molecule has 3 rings (SSSR count). The molecule has 1 saturated heterocycles. The second-order valence-electron chi connectivity index (χ2n) is 5.06. The molecule has 0 spiro atoms. The third-order valence-corrected chi connectivity index (χ3v) is 4.45. The molecule has 1 aromatic heterocycles. The number of anilines is 2. The molecular formula is C15H20N4OS. The molecule has 1 aliphatic rings. The van der Waals surface area contributed by atoms with E-state index in [1.54, 1.807) is 11.3 Å². The molecule has 21 heavy (non-hydrogen) atoms. The van der Waals surface area contributed by atoms with Crippen molar-refractivity contribution in [3.63, 3.8) is 0 Å². The highest BCUT2D eigenvalue weighted by molar-refractivity contribution is 7.13.